The normalized spacial score (nSPS) is 11.6. The molecule has 0 unspecified atom stereocenters. The number of rotatable bonds is 5. The topological polar surface area (TPSA) is 85.1 Å². The van der Waals surface area contributed by atoms with Crippen LogP contribution in [0.4, 0.5) is 5.13 Å². The summed E-state index contributed by atoms with van der Waals surface area (Å²) in [4.78, 5) is 4.00. The van der Waals surface area contributed by atoms with Crippen LogP contribution in [0, 0.1) is 6.92 Å². The Bertz CT molecular complexity index is 385. The zero-order valence-corrected chi connectivity index (χ0v) is 9.49. The number of sulfonamides is 1. The number of nitrogens with two attached hydrogens (primary N) is 1. The molecule has 7 heteroatoms. The van der Waals surface area contributed by atoms with E-state index in [1.165, 1.54) is 11.3 Å². The van der Waals surface area contributed by atoms with Crippen molar-refractivity contribution in [2.24, 2.45) is 5.73 Å². The molecule has 0 radical (unpaired) electrons. The van der Waals surface area contributed by atoms with E-state index in [2.05, 4.69) is 9.71 Å². The van der Waals surface area contributed by atoms with Gasteiger partial charge in [-0.1, -0.05) is 0 Å². The van der Waals surface area contributed by atoms with Gasteiger partial charge in [-0.15, -0.1) is 11.3 Å². The van der Waals surface area contributed by atoms with Crippen LogP contribution in [0.5, 0.6) is 0 Å². The Labute approximate surface area is 87.4 Å². The zero-order valence-electron chi connectivity index (χ0n) is 7.86. The van der Waals surface area contributed by atoms with Crippen LogP contribution < -0.4 is 10.5 Å². The van der Waals surface area contributed by atoms with Crippen LogP contribution in [0.1, 0.15) is 12.1 Å². The second-order valence-corrected chi connectivity index (χ2v) is 5.56. The number of nitrogens with one attached hydrogen (secondary N) is 1. The maximum Gasteiger partial charge on any atom is 0.234 e. The Morgan fingerprint density at radius 3 is 2.86 bits per heavy atom. The standard InChI is InChI=1S/C7H13N3O2S2/c1-6-5-13-7(9-6)10-14(11,12)4-2-3-8/h5H,2-4,8H2,1H3,(H,9,10). The molecule has 0 fully saturated rings. The molecule has 0 aliphatic rings. The van der Waals surface area contributed by atoms with E-state index < -0.39 is 10.0 Å². The predicted octanol–water partition coefficient (Wildman–Crippen LogP) is 0.542. The molecule has 0 amide bonds. The molecule has 0 atom stereocenters. The molecule has 14 heavy (non-hydrogen) atoms. The summed E-state index contributed by atoms with van der Waals surface area (Å²) in [6.45, 7) is 2.19. The molecule has 3 N–H and O–H groups in total. The van der Waals surface area contributed by atoms with Gasteiger partial charge in [0.05, 0.1) is 11.4 Å². The SMILES string of the molecule is Cc1csc(NS(=O)(=O)CCCN)n1. The van der Waals surface area contributed by atoms with Gasteiger partial charge in [-0.05, 0) is 19.9 Å². The van der Waals surface area contributed by atoms with Crippen molar-refractivity contribution >= 4 is 26.5 Å². The van der Waals surface area contributed by atoms with Crippen molar-refractivity contribution in [3.8, 4) is 0 Å². The van der Waals surface area contributed by atoms with Crippen molar-refractivity contribution in [1.82, 2.24) is 4.98 Å². The number of thiazole rings is 1. The Kier molecular flexibility index (Phi) is 3.85. The summed E-state index contributed by atoms with van der Waals surface area (Å²) in [5.41, 5.74) is 6.04. The highest BCUT2D eigenvalue weighted by atomic mass is 32.2. The predicted molar refractivity (Wildman–Crippen MR) is 57.9 cm³/mol. The third-order valence-electron chi connectivity index (χ3n) is 1.48. The van der Waals surface area contributed by atoms with Crippen LogP contribution in [0.3, 0.4) is 0 Å². The van der Waals surface area contributed by atoms with Gasteiger partial charge in [-0.3, -0.25) is 4.72 Å². The first-order chi connectivity index (χ1) is 6.53. The first-order valence-electron chi connectivity index (χ1n) is 4.16. The van der Waals surface area contributed by atoms with Crippen molar-refractivity contribution in [3.05, 3.63) is 11.1 Å². The van der Waals surface area contributed by atoms with E-state index in [0.717, 1.165) is 5.69 Å². The molecule has 1 heterocycles. The van der Waals surface area contributed by atoms with Gasteiger partial charge in [0, 0.05) is 5.38 Å². The molecule has 1 aromatic heterocycles. The fraction of sp³-hybridized carbons (Fsp3) is 0.571. The van der Waals surface area contributed by atoms with E-state index in [0.29, 0.717) is 18.1 Å². The molecule has 0 spiro atoms. The summed E-state index contributed by atoms with van der Waals surface area (Å²) < 4.78 is 25.1. The monoisotopic (exact) mass is 235 g/mol. The van der Waals surface area contributed by atoms with E-state index >= 15 is 0 Å². The summed E-state index contributed by atoms with van der Waals surface area (Å²) in [6.07, 6.45) is 0.458. The van der Waals surface area contributed by atoms with Crippen molar-refractivity contribution in [3.63, 3.8) is 0 Å². The highest BCUT2D eigenvalue weighted by Crippen LogP contribution is 2.15. The quantitative estimate of drug-likeness (QED) is 0.780. The largest absolute Gasteiger partial charge is 0.330 e. The number of hydrogen-bond donors (Lipinski definition) is 2. The Hall–Kier alpha value is -0.660. The minimum Gasteiger partial charge on any atom is -0.330 e. The van der Waals surface area contributed by atoms with Crippen LogP contribution in [-0.4, -0.2) is 25.7 Å². The van der Waals surface area contributed by atoms with Crippen LogP contribution in [0.15, 0.2) is 5.38 Å². The summed E-state index contributed by atoms with van der Waals surface area (Å²) in [5.74, 6) is 0.0438. The van der Waals surface area contributed by atoms with Crippen LogP contribution in [0.2, 0.25) is 0 Å². The molecule has 0 aliphatic heterocycles. The average Bonchev–Trinajstić information content (AvgIpc) is 2.47. The minimum atomic E-state index is -3.27. The van der Waals surface area contributed by atoms with Gasteiger partial charge < -0.3 is 5.73 Å². The molecule has 0 bridgehead atoms. The van der Waals surface area contributed by atoms with Crippen molar-refractivity contribution < 1.29 is 8.42 Å². The molecule has 0 aromatic carbocycles. The van der Waals surface area contributed by atoms with Crippen LogP contribution in [0.25, 0.3) is 0 Å². The van der Waals surface area contributed by atoms with E-state index in [-0.39, 0.29) is 5.75 Å². The third-order valence-corrected chi connectivity index (χ3v) is 3.81. The minimum absolute atomic E-state index is 0.0438. The number of anilines is 1. The van der Waals surface area contributed by atoms with E-state index in [1.807, 2.05) is 6.92 Å². The summed E-state index contributed by atoms with van der Waals surface area (Å²) in [5, 5.41) is 2.21. The van der Waals surface area contributed by atoms with Gasteiger partial charge >= 0.3 is 0 Å². The van der Waals surface area contributed by atoms with E-state index in [1.54, 1.807) is 5.38 Å². The second-order valence-electron chi connectivity index (χ2n) is 2.86. The maximum absolute atomic E-state index is 11.4. The van der Waals surface area contributed by atoms with Crippen molar-refractivity contribution in [2.75, 3.05) is 17.0 Å². The molecule has 0 aliphatic carbocycles. The maximum atomic E-state index is 11.4. The fourth-order valence-corrected chi connectivity index (χ4v) is 2.92. The van der Waals surface area contributed by atoms with Gasteiger partial charge in [0.1, 0.15) is 0 Å². The van der Waals surface area contributed by atoms with E-state index in [4.69, 9.17) is 5.73 Å². The zero-order chi connectivity index (χ0) is 10.6. The Balaban J connectivity index is 2.59. The van der Waals surface area contributed by atoms with Gasteiger partial charge in [0.15, 0.2) is 5.13 Å². The summed E-state index contributed by atoms with van der Waals surface area (Å²) in [7, 11) is -3.27. The van der Waals surface area contributed by atoms with Gasteiger partial charge in [-0.25, -0.2) is 13.4 Å². The summed E-state index contributed by atoms with van der Waals surface area (Å²) in [6, 6.07) is 0. The second kappa shape index (κ2) is 4.72. The lowest BCUT2D eigenvalue weighted by atomic mass is 10.5. The van der Waals surface area contributed by atoms with Crippen molar-refractivity contribution in [2.45, 2.75) is 13.3 Å². The molecule has 0 saturated heterocycles. The Morgan fingerprint density at radius 2 is 2.36 bits per heavy atom. The number of nitrogens with zero attached hydrogens (tertiary/aromatic N) is 1. The number of aromatic nitrogens is 1. The Morgan fingerprint density at radius 1 is 1.64 bits per heavy atom. The van der Waals surface area contributed by atoms with Gasteiger partial charge in [-0.2, -0.15) is 0 Å². The van der Waals surface area contributed by atoms with Crippen LogP contribution >= 0.6 is 11.3 Å². The molecule has 1 rings (SSSR count). The lowest BCUT2D eigenvalue weighted by molar-refractivity contribution is 0.598. The molecule has 1 aromatic rings. The molecular weight excluding hydrogens is 222 g/mol. The molecular formula is C7H13N3O2S2. The fourth-order valence-electron chi connectivity index (χ4n) is 0.858. The third kappa shape index (κ3) is 3.60. The highest BCUT2D eigenvalue weighted by Gasteiger charge is 2.11. The van der Waals surface area contributed by atoms with Crippen molar-refractivity contribution in [1.29, 1.82) is 0 Å². The molecule has 0 saturated carbocycles. The molecule has 5 nitrogen and oxygen atoms in total. The lowest BCUT2D eigenvalue weighted by Gasteiger charge is -2.02. The average molecular weight is 235 g/mol. The first kappa shape index (κ1) is 11.4. The smallest absolute Gasteiger partial charge is 0.234 e. The molecule has 80 valence electrons. The van der Waals surface area contributed by atoms with Gasteiger partial charge in [0.25, 0.3) is 0 Å². The number of aryl methyl sites for hydroxylation is 1. The van der Waals surface area contributed by atoms with Crippen LogP contribution in [-0.2, 0) is 10.0 Å². The first-order valence-corrected chi connectivity index (χ1v) is 6.69. The summed E-state index contributed by atoms with van der Waals surface area (Å²) >= 11 is 1.28. The number of hydrogen-bond acceptors (Lipinski definition) is 5. The van der Waals surface area contributed by atoms with Gasteiger partial charge in [0.2, 0.25) is 10.0 Å². The lowest BCUT2D eigenvalue weighted by Crippen LogP contribution is -2.18. The highest BCUT2D eigenvalue weighted by molar-refractivity contribution is 7.92. The van der Waals surface area contributed by atoms with E-state index in [9.17, 15) is 8.42 Å².